The van der Waals surface area contributed by atoms with E-state index in [0.29, 0.717) is 19.4 Å². The van der Waals surface area contributed by atoms with Crippen LogP contribution >= 0.6 is 0 Å². The van der Waals surface area contributed by atoms with Gasteiger partial charge in [0.1, 0.15) is 18.1 Å². The van der Waals surface area contributed by atoms with E-state index in [-0.39, 0.29) is 37.6 Å². The van der Waals surface area contributed by atoms with E-state index < -0.39 is 41.8 Å². The average Bonchev–Trinajstić information content (AvgIpc) is 2.98. The van der Waals surface area contributed by atoms with Gasteiger partial charge in [0.25, 0.3) is 0 Å². The van der Waals surface area contributed by atoms with Crippen LogP contribution in [0, 0.1) is 5.41 Å². The van der Waals surface area contributed by atoms with Gasteiger partial charge in [-0.05, 0) is 32.6 Å². The lowest BCUT2D eigenvalue weighted by Crippen LogP contribution is -2.56. The van der Waals surface area contributed by atoms with E-state index in [1.807, 2.05) is 0 Å². The van der Waals surface area contributed by atoms with Gasteiger partial charge in [-0.3, -0.25) is 29.4 Å². The highest BCUT2D eigenvalue weighted by atomic mass is 16.2. The molecule has 0 saturated carbocycles. The fourth-order valence-corrected chi connectivity index (χ4v) is 4.79. The predicted molar refractivity (Wildman–Crippen MR) is 173 cm³/mol. The molecule has 13 heteroatoms. The molecule has 3 atom stereocenters. The highest BCUT2D eigenvalue weighted by Crippen LogP contribution is 2.13. The molecule has 10 N–H and O–H groups in total. The van der Waals surface area contributed by atoms with Crippen molar-refractivity contribution < 1.29 is 24.0 Å². The van der Waals surface area contributed by atoms with Gasteiger partial charge < -0.3 is 38.1 Å². The fourth-order valence-electron chi connectivity index (χ4n) is 4.79. The van der Waals surface area contributed by atoms with Crippen molar-refractivity contribution in [2.75, 3.05) is 13.6 Å². The lowest BCUT2D eigenvalue weighted by molar-refractivity contribution is -0.134. The topological polar surface area (TPSA) is 221 Å². The third-order valence-electron chi connectivity index (χ3n) is 7.45. The summed E-state index contributed by atoms with van der Waals surface area (Å²) in [5.41, 5.74) is 10.6. The lowest BCUT2D eigenvalue weighted by atomic mass is 10.0. The van der Waals surface area contributed by atoms with Crippen LogP contribution < -0.4 is 38.1 Å². The van der Waals surface area contributed by atoms with Crippen LogP contribution in [-0.4, -0.2) is 67.2 Å². The number of unbranched alkanes of at least 4 members (excludes halogenated alkanes) is 12. The number of rotatable bonds is 27. The molecule has 0 rings (SSSR count). The van der Waals surface area contributed by atoms with Gasteiger partial charge in [-0.1, -0.05) is 84.0 Å². The largest absolute Gasteiger partial charge is 0.370 e. The van der Waals surface area contributed by atoms with E-state index in [0.717, 1.165) is 19.3 Å². The zero-order chi connectivity index (χ0) is 33.2. The quantitative estimate of drug-likeness (QED) is 0.0386. The molecule has 0 saturated heterocycles. The van der Waals surface area contributed by atoms with Gasteiger partial charge in [0.15, 0.2) is 5.96 Å². The molecule has 0 aromatic heterocycles. The summed E-state index contributed by atoms with van der Waals surface area (Å²) in [4.78, 5) is 62.1. The molecule has 0 aliphatic rings. The Kier molecular flexibility index (Phi) is 24.1. The van der Waals surface area contributed by atoms with Crippen molar-refractivity contribution in [2.24, 2.45) is 11.5 Å². The van der Waals surface area contributed by atoms with Crippen molar-refractivity contribution in [1.29, 1.82) is 5.41 Å². The van der Waals surface area contributed by atoms with Crippen LogP contribution in [0.5, 0.6) is 0 Å². The summed E-state index contributed by atoms with van der Waals surface area (Å²) in [6.45, 7) is 4.05. The first-order chi connectivity index (χ1) is 21.0. The van der Waals surface area contributed by atoms with Gasteiger partial charge in [0.05, 0.1) is 0 Å². The van der Waals surface area contributed by atoms with Crippen LogP contribution in [0.25, 0.3) is 0 Å². The Balaban J connectivity index is 4.85. The smallest absolute Gasteiger partial charge is 0.243 e. The Hall–Kier alpha value is -3.38. The molecule has 13 nitrogen and oxygen atoms in total. The summed E-state index contributed by atoms with van der Waals surface area (Å²) in [5.74, 6) is -2.77. The molecule has 0 aliphatic heterocycles. The van der Waals surface area contributed by atoms with E-state index in [1.54, 1.807) is 0 Å². The van der Waals surface area contributed by atoms with E-state index in [4.69, 9.17) is 16.9 Å². The second-order valence-corrected chi connectivity index (χ2v) is 11.5. The second kappa shape index (κ2) is 26.1. The number of nitrogens with two attached hydrogens (primary N) is 2. The Labute approximate surface area is 264 Å². The van der Waals surface area contributed by atoms with Crippen LogP contribution in [0.2, 0.25) is 0 Å². The first kappa shape index (κ1) is 40.6. The predicted octanol–water partition coefficient (Wildman–Crippen LogP) is 2.22. The van der Waals surface area contributed by atoms with Gasteiger partial charge in [-0.2, -0.15) is 0 Å². The van der Waals surface area contributed by atoms with Crippen molar-refractivity contribution in [3.05, 3.63) is 0 Å². The minimum Gasteiger partial charge on any atom is -0.370 e. The molecule has 0 heterocycles. The molecule has 0 aromatic rings. The molecule has 0 aromatic carbocycles. The number of nitrogens with one attached hydrogen (secondary N) is 6. The van der Waals surface area contributed by atoms with E-state index in [9.17, 15) is 24.0 Å². The average molecular weight is 625 g/mol. The number of primary amides is 1. The molecule has 0 radical (unpaired) electrons. The first-order valence-corrected chi connectivity index (χ1v) is 16.5. The second-order valence-electron chi connectivity index (χ2n) is 11.5. The molecular formula is C31H60N8O5. The molecule has 5 amide bonds. The number of hydrogen-bond acceptors (Lipinski definition) is 6. The molecule has 44 heavy (non-hydrogen) atoms. The number of likely N-dealkylation sites (N-methyl/N-ethyl adjacent to an activating group) is 1. The van der Waals surface area contributed by atoms with Crippen LogP contribution in [0.4, 0.5) is 0 Å². The maximum Gasteiger partial charge on any atom is 0.243 e. The molecule has 0 spiro atoms. The standard InChI is InChI=1S/C31H60N8O5/c1-4-5-6-7-8-9-10-11-12-13-14-15-16-19-27(41)38-24(18-17-22-36-31(33)34)30(44)39-25(20-21-26(32)40)29(43)37-23(2)28(42)35-3/h23-25H,4-22H2,1-3H3,(H2,32,40)(H,35,42)(H,37,43)(H,38,41)(H,39,44)(H4,33,34,36)/t23-,24-,25-/m0/s1. The zero-order valence-electron chi connectivity index (χ0n) is 27.4. The molecule has 0 aliphatic carbocycles. The molecule has 254 valence electrons. The van der Waals surface area contributed by atoms with E-state index in [1.165, 1.54) is 71.8 Å². The Morgan fingerprint density at radius 1 is 0.636 bits per heavy atom. The first-order valence-electron chi connectivity index (χ1n) is 16.5. The van der Waals surface area contributed by atoms with Crippen molar-refractivity contribution >= 4 is 35.5 Å². The van der Waals surface area contributed by atoms with Gasteiger partial charge >= 0.3 is 0 Å². The normalized spacial score (nSPS) is 12.8. The number of guanidine groups is 1. The molecular weight excluding hydrogens is 564 g/mol. The zero-order valence-corrected chi connectivity index (χ0v) is 27.4. The van der Waals surface area contributed by atoms with Gasteiger partial charge in [0, 0.05) is 26.4 Å². The summed E-state index contributed by atoms with van der Waals surface area (Å²) < 4.78 is 0. The van der Waals surface area contributed by atoms with Crippen molar-refractivity contribution in [3.8, 4) is 0 Å². The van der Waals surface area contributed by atoms with E-state index >= 15 is 0 Å². The molecule has 0 fully saturated rings. The Morgan fingerprint density at radius 2 is 1.14 bits per heavy atom. The van der Waals surface area contributed by atoms with Crippen molar-refractivity contribution in [2.45, 2.75) is 148 Å². The molecule has 0 unspecified atom stereocenters. The van der Waals surface area contributed by atoms with Gasteiger partial charge in [-0.25, -0.2) is 0 Å². The summed E-state index contributed by atoms with van der Waals surface area (Å²) >= 11 is 0. The van der Waals surface area contributed by atoms with Crippen LogP contribution in [-0.2, 0) is 24.0 Å². The van der Waals surface area contributed by atoms with Crippen LogP contribution in [0.3, 0.4) is 0 Å². The number of hydrogen-bond donors (Lipinski definition) is 8. The fraction of sp³-hybridized carbons (Fsp3) is 0.806. The Morgan fingerprint density at radius 3 is 1.64 bits per heavy atom. The maximum atomic E-state index is 13.2. The Bertz CT molecular complexity index is 870. The van der Waals surface area contributed by atoms with Crippen LogP contribution in [0.1, 0.15) is 129 Å². The highest BCUT2D eigenvalue weighted by molar-refractivity contribution is 5.94. The van der Waals surface area contributed by atoms with Crippen molar-refractivity contribution in [3.63, 3.8) is 0 Å². The van der Waals surface area contributed by atoms with Gasteiger partial charge in [0.2, 0.25) is 29.5 Å². The SMILES string of the molecule is CCCCCCCCCCCCCCCC(=O)N[C@@H](CCCNC(=N)N)C(=O)N[C@@H](CCC(N)=O)C(=O)N[C@@H](C)C(=O)NC. The minimum atomic E-state index is -1.14. The number of carbonyl (C=O) groups excluding carboxylic acids is 5. The third kappa shape index (κ3) is 22.2. The maximum absolute atomic E-state index is 13.2. The van der Waals surface area contributed by atoms with Crippen molar-refractivity contribution in [1.82, 2.24) is 26.6 Å². The summed E-state index contributed by atoms with van der Waals surface area (Å²) in [6, 6.07) is -2.95. The summed E-state index contributed by atoms with van der Waals surface area (Å²) in [6.07, 6.45) is 16.3. The molecule has 0 bridgehead atoms. The summed E-state index contributed by atoms with van der Waals surface area (Å²) in [7, 11) is 1.43. The highest BCUT2D eigenvalue weighted by Gasteiger charge is 2.28. The number of amides is 5. The summed E-state index contributed by atoms with van der Waals surface area (Å²) in [5, 5.41) is 20.3. The van der Waals surface area contributed by atoms with Gasteiger partial charge in [-0.15, -0.1) is 0 Å². The van der Waals surface area contributed by atoms with E-state index in [2.05, 4.69) is 33.5 Å². The van der Waals surface area contributed by atoms with Crippen LogP contribution in [0.15, 0.2) is 0 Å². The monoisotopic (exact) mass is 624 g/mol. The number of carbonyl (C=O) groups is 5. The third-order valence-corrected chi connectivity index (χ3v) is 7.45. The lowest BCUT2D eigenvalue weighted by Gasteiger charge is -2.24. The minimum absolute atomic E-state index is 0.0705.